The number of carbonyl (C=O) groups is 2. The molecule has 5 nitrogen and oxygen atoms in total. The number of esters is 2. The molecule has 1 rings (SSSR count). The first-order valence-corrected chi connectivity index (χ1v) is 8.31. The van der Waals surface area contributed by atoms with Gasteiger partial charge in [0.1, 0.15) is 11.3 Å². The SMILES string of the molecule is CCCOC(=O)C(=Cc1ccccc1OC(C)C)C(=O)OCCC. The maximum Gasteiger partial charge on any atom is 0.345 e. The van der Waals surface area contributed by atoms with Crippen LogP contribution < -0.4 is 4.74 Å². The van der Waals surface area contributed by atoms with Crippen LogP contribution in [0.2, 0.25) is 0 Å². The van der Waals surface area contributed by atoms with Gasteiger partial charge in [0.2, 0.25) is 0 Å². The molecular formula is C19H26O5. The lowest BCUT2D eigenvalue weighted by Crippen LogP contribution is -2.19. The number of para-hydroxylation sites is 1. The van der Waals surface area contributed by atoms with Gasteiger partial charge in [0.25, 0.3) is 0 Å². The highest BCUT2D eigenvalue weighted by Crippen LogP contribution is 2.23. The lowest BCUT2D eigenvalue weighted by atomic mass is 10.1. The van der Waals surface area contributed by atoms with E-state index in [1.54, 1.807) is 12.1 Å². The van der Waals surface area contributed by atoms with Crippen LogP contribution in [0.3, 0.4) is 0 Å². The first-order chi connectivity index (χ1) is 11.5. The quantitative estimate of drug-likeness (QED) is 0.298. The number of ether oxygens (including phenoxy) is 3. The van der Waals surface area contributed by atoms with Crippen molar-refractivity contribution in [2.45, 2.75) is 46.6 Å². The fraction of sp³-hybridized carbons (Fsp3) is 0.474. The van der Waals surface area contributed by atoms with E-state index >= 15 is 0 Å². The minimum atomic E-state index is -0.683. The van der Waals surface area contributed by atoms with E-state index in [4.69, 9.17) is 14.2 Å². The maximum absolute atomic E-state index is 12.2. The summed E-state index contributed by atoms with van der Waals surface area (Å²) in [5.74, 6) is -0.772. The molecule has 0 aromatic heterocycles. The van der Waals surface area contributed by atoms with E-state index < -0.39 is 11.9 Å². The van der Waals surface area contributed by atoms with Gasteiger partial charge in [-0.1, -0.05) is 32.0 Å². The molecule has 1 aromatic carbocycles. The summed E-state index contributed by atoms with van der Waals surface area (Å²) in [5, 5.41) is 0. The van der Waals surface area contributed by atoms with E-state index in [0.717, 1.165) is 0 Å². The molecular weight excluding hydrogens is 308 g/mol. The summed E-state index contributed by atoms with van der Waals surface area (Å²) in [6.45, 7) is 8.09. The predicted molar refractivity (Wildman–Crippen MR) is 92.7 cm³/mol. The predicted octanol–water partition coefficient (Wildman–Crippen LogP) is 3.76. The lowest BCUT2D eigenvalue weighted by Gasteiger charge is -2.13. The van der Waals surface area contributed by atoms with E-state index in [0.29, 0.717) is 24.2 Å². The summed E-state index contributed by atoms with van der Waals surface area (Å²) in [6, 6.07) is 7.21. The van der Waals surface area contributed by atoms with Crippen LogP contribution in [-0.2, 0) is 19.1 Å². The van der Waals surface area contributed by atoms with Gasteiger partial charge in [-0.15, -0.1) is 0 Å². The van der Waals surface area contributed by atoms with Gasteiger partial charge in [0, 0.05) is 5.56 Å². The second-order valence-electron chi connectivity index (χ2n) is 5.53. The van der Waals surface area contributed by atoms with E-state index in [9.17, 15) is 9.59 Å². The standard InChI is InChI=1S/C19H26O5/c1-5-11-22-18(20)16(19(21)23-12-6-2)13-15-9-7-8-10-17(15)24-14(3)4/h7-10,13-14H,5-6,11-12H2,1-4H3. The van der Waals surface area contributed by atoms with Gasteiger partial charge in [-0.3, -0.25) is 0 Å². The Balaban J connectivity index is 3.15. The molecule has 24 heavy (non-hydrogen) atoms. The minimum absolute atomic E-state index is 0.0258. The number of benzene rings is 1. The third-order valence-electron chi connectivity index (χ3n) is 2.90. The average Bonchev–Trinajstić information content (AvgIpc) is 2.56. The molecule has 0 amide bonds. The van der Waals surface area contributed by atoms with Crippen molar-refractivity contribution >= 4 is 18.0 Å². The molecule has 0 spiro atoms. The molecule has 132 valence electrons. The molecule has 0 N–H and O–H groups in total. The van der Waals surface area contributed by atoms with E-state index in [2.05, 4.69) is 0 Å². The smallest absolute Gasteiger partial charge is 0.345 e. The molecule has 0 bridgehead atoms. The van der Waals surface area contributed by atoms with Gasteiger partial charge < -0.3 is 14.2 Å². The van der Waals surface area contributed by atoms with Crippen LogP contribution >= 0.6 is 0 Å². The number of hydrogen-bond acceptors (Lipinski definition) is 5. The Labute approximate surface area is 143 Å². The molecule has 0 saturated heterocycles. The number of carbonyl (C=O) groups excluding carboxylic acids is 2. The van der Waals surface area contributed by atoms with E-state index in [-0.39, 0.29) is 24.9 Å². The molecule has 0 aliphatic rings. The monoisotopic (exact) mass is 334 g/mol. The third kappa shape index (κ3) is 6.44. The molecule has 1 aromatic rings. The van der Waals surface area contributed by atoms with Crippen LogP contribution in [0.5, 0.6) is 5.75 Å². The molecule has 0 saturated carbocycles. The Morgan fingerprint density at radius 2 is 1.54 bits per heavy atom. The maximum atomic E-state index is 12.2. The normalized spacial score (nSPS) is 10.2. The van der Waals surface area contributed by atoms with Gasteiger partial charge in [-0.25, -0.2) is 9.59 Å². The minimum Gasteiger partial charge on any atom is -0.490 e. The van der Waals surface area contributed by atoms with Gasteiger partial charge in [-0.2, -0.15) is 0 Å². The lowest BCUT2D eigenvalue weighted by molar-refractivity contribution is -0.147. The van der Waals surface area contributed by atoms with Gasteiger partial charge >= 0.3 is 11.9 Å². The average molecular weight is 334 g/mol. The zero-order valence-electron chi connectivity index (χ0n) is 14.8. The van der Waals surface area contributed by atoms with Crippen LogP contribution in [0.1, 0.15) is 46.1 Å². The summed E-state index contributed by atoms with van der Waals surface area (Å²) < 4.78 is 15.9. The fourth-order valence-electron chi connectivity index (χ4n) is 1.86. The fourth-order valence-corrected chi connectivity index (χ4v) is 1.86. The summed E-state index contributed by atoms with van der Waals surface area (Å²) in [7, 11) is 0. The van der Waals surface area contributed by atoms with Crippen LogP contribution in [0, 0.1) is 0 Å². The summed E-state index contributed by atoms with van der Waals surface area (Å²) in [5.41, 5.74) is 0.500. The summed E-state index contributed by atoms with van der Waals surface area (Å²) in [6.07, 6.45) is 2.79. The molecule has 5 heteroatoms. The van der Waals surface area contributed by atoms with Gasteiger partial charge in [0.05, 0.1) is 19.3 Å². The topological polar surface area (TPSA) is 61.8 Å². The Morgan fingerprint density at radius 1 is 1.00 bits per heavy atom. The highest BCUT2D eigenvalue weighted by atomic mass is 16.6. The molecule has 0 aliphatic heterocycles. The van der Waals surface area contributed by atoms with Crippen molar-refractivity contribution < 1.29 is 23.8 Å². The highest BCUT2D eigenvalue weighted by Gasteiger charge is 2.22. The van der Waals surface area contributed by atoms with Crippen molar-refractivity contribution in [1.29, 1.82) is 0 Å². The van der Waals surface area contributed by atoms with Gasteiger partial charge in [-0.05, 0) is 38.8 Å². The largest absolute Gasteiger partial charge is 0.490 e. The first kappa shape index (κ1) is 19.7. The molecule has 0 aliphatic carbocycles. The van der Waals surface area contributed by atoms with Crippen molar-refractivity contribution in [2.24, 2.45) is 0 Å². The molecule has 0 atom stereocenters. The zero-order valence-corrected chi connectivity index (χ0v) is 14.8. The third-order valence-corrected chi connectivity index (χ3v) is 2.90. The summed E-state index contributed by atoms with van der Waals surface area (Å²) >= 11 is 0. The van der Waals surface area contributed by atoms with E-state index in [1.807, 2.05) is 39.8 Å². The highest BCUT2D eigenvalue weighted by molar-refractivity contribution is 6.17. The second kappa shape index (κ2) is 10.5. The first-order valence-electron chi connectivity index (χ1n) is 8.31. The Hall–Kier alpha value is -2.30. The Morgan fingerprint density at radius 3 is 2.04 bits per heavy atom. The summed E-state index contributed by atoms with van der Waals surface area (Å²) in [4.78, 5) is 24.4. The molecule has 0 heterocycles. The molecule has 0 unspecified atom stereocenters. The van der Waals surface area contributed by atoms with Crippen molar-refractivity contribution in [2.75, 3.05) is 13.2 Å². The van der Waals surface area contributed by atoms with Crippen LogP contribution in [0.25, 0.3) is 6.08 Å². The van der Waals surface area contributed by atoms with Crippen LogP contribution in [0.4, 0.5) is 0 Å². The Bertz CT molecular complexity index is 553. The van der Waals surface area contributed by atoms with Crippen molar-refractivity contribution in [3.63, 3.8) is 0 Å². The van der Waals surface area contributed by atoms with Crippen molar-refractivity contribution in [3.05, 3.63) is 35.4 Å². The second-order valence-corrected chi connectivity index (χ2v) is 5.53. The van der Waals surface area contributed by atoms with E-state index in [1.165, 1.54) is 6.08 Å². The van der Waals surface area contributed by atoms with Crippen LogP contribution in [0.15, 0.2) is 29.8 Å². The van der Waals surface area contributed by atoms with Crippen LogP contribution in [-0.4, -0.2) is 31.3 Å². The van der Waals surface area contributed by atoms with Crippen molar-refractivity contribution in [1.82, 2.24) is 0 Å². The Kier molecular flexibility index (Phi) is 8.61. The van der Waals surface area contributed by atoms with Gasteiger partial charge in [0.15, 0.2) is 0 Å². The zero-order chi connectivity index (χ0) is 17.9. The number of hydrogen-bond donors (Lipinski definition) is 0. The van der Waals surface area contributed by atoms with Crippen molar-refractivity contribution in [3.8, 4) is 5.75 Å². The molecule has 0 fully saturated rings. The molecule has 0 radical (unpaired) electrons. The number of rotatable bonds is 9.